The molecule has 0 bridgehead atoms. The van der Waals surface area contributed by atoms with Crippen LogP contribution in [0.3, 0.4) is 0 Å². The second-order valence-corrected chi connectivity index (χ2v) is 6.01. The van der Waals surface area contributed by atoms with Crippen LogP contribution >= 0.6 is 0 Å². The zero-order chi connectivity index (χ0) is 17.4. The van der Waals surface area contributed by atoms with E-state index in [-0.39, 0.29) is 17.7 Å². The highest BCUT2D eigenvalue weighted by atomic mass is 16.5. The van der Waals surface area contributed by atoms with Crippen LogP contribution in [-0.2, 0) is 9.53 Å². The lowest BCUT2D eigenvalue weighted by molar-refractivity contribution is -0.144. The molecule has 5 nitrogen and oxygen atoms in total. The minimum atomic E-state index is -0.757. The van der Waals surface area contributed by atoms with E-state index < -0.39 is 5.97 Å². The molecule has 2 N–H and O–H groups in total. The Hall–Kier alpha value is -2.32. The molecular weight excluding hydrogens is 306 g/mol. The maximum Gasteiger partial charge on any atom is 0.306 e. The van der Waals surface area contributed by atoms with Gasteiger partial charge < -0.3 is 15.2 Å². The third-order valence-electron chi connectivity index (χ3n) is 4.35. The van der Waals surface area contributed by atoms with Gasteiger partial charge in [0, 0.05) is 24.8 Å². The van der Waals surface area contributed by atoms with Crippen LogP contribution in [-0.4, -0.2) is 37.2 Å². The molecule has 0 aromatic heterocycles. The van der Waals surface area contributed by atoms with E-state index in [4.69, 9.17) is 4.74 Å². The summed E-state index contributed by atoms with van der Waals surface area (Å²) in [5, 5.41) is 12.1. The summed E-state index contributed by atoms with van der Waals surface area (Å²) < 4.78 is 4.86. The predicted octanol–water partition coefficient (Wildman–Crippen LogP) is 2.31. The number of amides is 1. The molecule has 5 heteroatoms. The van der Waals surface area contributed by atoms with E-state index in [1.807, 2.05) is 0 Å². The number of rotatable bonds is 5. The largest absolute Gasteiger partial charge is 0.481 e. The molecule has 0 saturated heterocycles. The van der Waals surface area contributed by atoms with Crippen LogP contribution in [0.1, 0.15) is 41.6 Å². The first kappa shape index (κ1) is 18.0. The van der Waals surface area contributed by atoms with Gasteiger partial charge in [0.2, 0.25) is 0 Å². The van der Waals surface area contributed by atoms with Gasteiger partial charge in [0.25, 0.3) is 5.91 Å². The first-order valence-corrected chi connectivity index (χ1v) is 8.20. The van der Waals surface area contributed by atoms with E-state index in [9.17, 15) is 14.7 Å². The number of benzene rings is 1. The Kier molecular flexibility index (Phi) is 6.83. The number of carboxylic acid groups (broad SMARTS) is 1. The van der Waals surface area contributed by atoms with E-state index in [1.165, 1.54) is 0 Å². The molecule has 1 saturated carbocycles. The van der Waals surface area contributed by atoms with Crippen LogP contribution in [0, 0.1) is 23.7 Å². The average molecular weight is 329 g/mol. The Morgan fingerprint density at radius 2 is 1.96 bits per heavy atom. The highest BCUT2D eigenvalue weighted by molar-refractivity contribution is 5.94. The molecule has 2 rings (SSSR count). The van der Waals surface area contributed by atoms with Crippen molar-refractivity contribution in [3.8, 4) is 11.8 Å². The Morgan fingerprint density at radius 3 is 2.62 bits per heavy atom. The lowest BCUT2D eigenvalue weighted by Gasteiger charge is -2.28. The SMILES string of the molecule is COCC#Cc1ccc(C(=O)NC[C@@H]2CCCC[C@H]2C(=O)O)cc1. The van der Waals surface area contributed by atoms with Crippen molar-refractivity contribution in [3.05, 3.63) is 35.4 Å². The monoisotopic (exact) mass is 329 g/mol. The zero-order valence-electron chi connectivity index (χ0n) is 13.9. The highest BCUT2D eigenvalue weighted by Crippen LogP contribution is 2.29. The van der Waals surface area contributed by atoms with Crippen molar-refractivity contribution >= 4 is 11.9 Å². The van der Waals surface area contributed by atoms with E-state index in [2.05, 4.69) is 17.2 Å². The summed E-state index contributed by atoms with van der Waals surface area (Å²) in [6, 6.07) is 7.03. The lowest BCUT2D eigenvalue weighted by atomic mass is 9.79. The molecule has 1 aromatic carbocycles. The van der Waals surface area contributed by atoms with Gasteiger partial charge in [-0.2, -0.15) is 0 Å². The molecule has 1 aliphatic rings. The van der Waals surface area contributed by atoms with Gasteiger partial charge in [-0.05, 0) is 43.0 Å². The van der Waals surface area contributed by atoms with Gasteiger partial charge >= 0.3 is 5.97 Å². The number of methoxy groups -OCH3 is 1. The number of carboxylic acids is 1. The molecule has 1 aliphatic carbocycles. The normalized spacial score (nSPS) is 19.9. The molecule has 24 heavy (non-hydrogen) atoms. The number of carbonyl (C=O) groups is 2. The number of hydrogen-bond donors (Lipinski definition) is 2. The smallest absolute Gasteiger partial charge is 0.306 e. The number of ether oxygens (including phenoxy) is 1. The molecule has 1 aromatic rings. The van der Waals surface area contributed by atoms with Crippen LogP contribution < -0.4 is 5.32 Å². The van der Waals surface area contributed by atoms with Gasteiger partial charge in [-0.25, -0.2) is 0 Å². The summed E-state index contributed by atoms with van der Waals surface area (Å²) in [6.07, 6.45) is 3.53. The third-order valence-corrected chi connectivity index (χ3v) is 4.35. The summed E-state index contributed by atoms with van der Waals surface area (Å²) in [4.78, 5) is 23.5. The number of carbonyl (C=O) groups excluding carboxylic acids is 1. The van der Waals surface area contributed by atoms with Crippen molar-refractivity contribution < 1.29 is 19.4 Å². The topological polar surface area (TPSA) is 75.6 Å². The van der Waals surface area contributed by atoms with Crippen LogP contribution in [0.25, 0.3) is 0 Å². The Balaban J connectivity index is 1.90. The third kappa shape index (κ3) is 5.10. The predicted molar refractivity (Wildman–Crippen MR) is 90.6 cm³/mol. The first-order chi connectivity index (χ1) is 11.6. The Morgan fingerprint density at radius 1 is 1.25 bits per heavy atom. The number of nitrogens with one attached hydrogen (secondary N) is 1. The van der Waals surface area contributed by atoms with E-state index in [0.717, 1.165) is 24.8 Å². The molecule has 2 atom stereocenters. The van der Waals surface area contributed by atoms with Gasteiger partial charge in [-0.15, -0.1) is 0 Å². The fourth-order valence-electron chi connectivity index (χ4n) is 3.02. The number of aliphatic carboxylic acids is 1. The summed E-state index contributed by atoms with van der Waals surface area (Å²) in [5.74, 6) is 4.52. The molecule has 128 valence electrons. The fourth-order valence-corrected chi connectivity index (χ4v) is 3.02. The summed E-state index contributed by atoms with van der Waals surface area (Å²) in [6.45, 7) is 0.777. The summed E-state index contributed by atoms with van der Waals surface area (Å²) >= 11 is 0. The molecule has 0 aliphatic heterocycles. The molecular formula is C19H23NO4. The van der Waals surface area contributed by atoms with Crippen LogP contribution in [0.4, 0.5) is 0 Å². The second kappa shape index (κ2) is 9.09. The van der Waals surface area contributed by atoms with Crippen molar-refractivity contribution in [1.29, 1.82) is 0 Å². The maximum absolute atomic E-state index is 12.2. The standard InChI is InChI=1S/C19H23NO4/c1-24-12-4-5-14-8-10-15(11-9-14)18(21)20-13-16-6-2-3-7-17(16)19(22)23/h8-11,16-17H,2-3,6-7,12-13H2,1H3,(H,20,21)(H,22,23)/t16-,17+/m0/s1. The minimum Gasteiger partial charge on any atom is -0.481 e. The summed E-state index contributed by atoms with van der Waals surface area (Å²) in [7, 11) is 1.59. The summed E-state index contributed by atoms with van der Waals surface area (Å²) in [5.41, 5.74) is 1.37. The van der Waals surface area contributed by atoms with Crippen LogP contribution in [0.15, 0.2) is 24.3 Å². The second-order valence-electron chi connectivity index (χ2n) is 6.01. The van der Waals surface area contributed by atoms with E-state index in [1.54, 1.807) is 31.4 Å². The van der Waals surface area contributed by atoms with Gasteiger partial charge in [0.1, 0.15) is 6.61 Å². The van der Waals surface area contributed by atoms with Crippen molar-refractivity contribution in [2.24, 2.45) is 11.8 Å². The molecule has 1 fully saturated rings. The minimum absolute atomic E-state index is 0.0133. The van der Waals surface area contributed by atoms with Crippen LogP contribution in [0.5, 0.6) is 0 Å². The zero-order valence-corrected chi connectivity index (χ0v) is 13.9. The van der Waals surface area contributed by atoms with Gasteiger partial charge in [0.15, 0.2) is 0 Å². The molecule has 0 radical (unpaired) electrons. The van der Waals surface area contributed by atoms with Crippen molar-refractivity contribution in [1.82, 2.24) is 5.32 Å². The molecule has 1 amide bonds. The first-order valence-electron chi connectivity index (χ1n) is 8.20. The Bertz CT molecular complexity index is 627. The van der Waals surface area contributed by atoms with E-state index >= 15 is 0 Å². The number of hydrogen-bond acceptors (Lipinski definition) is 3. The van der Waals surface area contributed by atoms with Crippen molar-refractivity contribution in [3.63, 3.8) is 0 Å². The molecule has 0 heterocycles. The Labute approximate surface area is 142 Å². The van der Waals surface area contributed by atoms with Crippen LogP contribution in [0.2, 0.25) is 0 Å². The molecule has 0 spiro atoms. The lowest BCUT2D eigenvalue weighted by Crippen LogP contribution is -2.37. The fraction of sp³-hybridized carbons (Fsp3) is 0.474. The van der Waals surface area contributed by atoms with Gasteiger partial charge in [-0.3, -0.25) is 9.59 Å². The highest BCUT2D eigenvalue weighted by Gasteiger charge is 2.30. The van der Waals surface area contributed by atoms with Crippen molar-refractivity contribution in [2.75, 3.05) is 20.3 Å². The quantitative estimate of drug-likeness (QED) is 0.813. The maximum atomic E-state index is 12.2. The van der Waals surface area contributed by atoms with Gasteiger partial charge in [0.05, 0.1) is 5.92 Å². The van der Waals surface area contributed by atoms with Crippen molar-refractivity contribution in [2.45, 2.75) is 25.7 Å². The average Bonchev–Trinajstić information content (AvgIpc) is 2.60. The van der Waals surface area contributed by atoms with E-state index in [0.29, 0.717) is 25.1 Å². The molecule has 0 unspecified atom stereocenters. The van der Waals surface area contributed by atoms with Gasteiger partial charge in [-0.1, -0.05) is 24.7 Å².